The molecule has 63 nitrogen and oxygen atoms in total. The second-order valence-corrected chi connectivity index (χ2v) is 35.3. The molecule has 812 valence electrons. The van der Waals surface area contributed by atoms with E-state index in [2.05, 4.69) is 31.9 Å². The van der Waals surface area contributed by atoms with Crippen LogP contribution in [-0.2, 0) is 128 Å². The highest BCUT2D eigenvalue weighted by molar-refractivity contribution is 5.78. The number of carboxylic acid groups (broad SMARTS) is 2. The molecule has 10 aliphatic rings. The predicted octanol–water partition coefficient (Wildman–Crippen LogP) is -23.5. The van der Waals surface area contributed by atoms with E-state index >= 15 is 0 Å². The van der Waals surface area contributed by atoms with Crippen molar-refractivity contribution < 1.29 is 282 Å². The number of aliphatic hydroxyl groups excluding tert-OH is 28. The van der Waals surface area contributed by atoms with E-state index in [0.717, 1.165) is 41.5 Å². The van der Waals surface area contributed by atoms with Crippen molar-refractivity contribution >= 4 is 47.4 Å². The van der Waals surface area contributed by atoms with E-state index in [0.29, 0.717) is 0 Å². The van der Waals surface area contributed by atoms with Crippen LogP contribution in [0.4, 0.5) is 0 Å². The first-order chi connectivity index (χ1) is 66.4. The fourth-order valence-corrected chi connectivity index (χ4v) is 18.2. The highest BCUT2D eigenvalue weighted by atomic mass is 16.8. The maximum atomic E-state index is 13.5. The Bertz CT molecular complexity index is 4060. The highest BCUT2D eigenvalue weighted by Gasteiger charge is 2.66. The van der Waals surface area contributed by atoms with E-state index in [1.807, 2.05) is 0 Å². The zero-order valence-electron chi connectivity index (χ0n) is 75.8. The Morgan fingerprint density at radius 1 is 0.291 bits per heavy atom. The van der Waals surface area contributed by atoms with Crippen LogP contribution >= 0.6 is 0 Å². The third kappa shape index (κ3) is 26.1. The number of aliphatic hydroxyl groups is 28. The molecule has 10 saturated heterocycles. The second-order valence-electron chi connectivity index (χ2n) is 35.3. The van der Waals surface area contributed by atoms with Crippen molar-refractivity contribution in [1.82, 2.24) is 31.9 Å². The minimum absolute atomic E-state index is 0.804. The number of carboxylic acids is 2. The number of aliphatic carboxylic acids is 2. The van der Waals surface area contributed by atoms with Gasteiger partial charge < -0.3 is 275 Å². The fourth-order valence-electron chi connectivity index (χ4n) is 18.2. The molecule has 0 bridgehead atoms. The molecular weight excluding hydrogens is 1930 g/mol. The second kappa shape index (κ2) is 50.3. The first-order valence-electron chi connectivity index (χ1n) is 44.4. The minimum Gasteiger partial charge on any atom is -0.477 e. The van der Waals surface area contributed by atoms with Gasteiger partial charge in [0.2, 0.25) is 35.4 Å². The van der Waals surface area contributed by atoms with Gasteiger partial charge in [-0.3, -0.25) is 28.8 Å². The number of hydrogen-bond acceptors (Lipinski definition) is 55. The molecule has 6 amide bonds. The molecule has 10 aliphatic heterocycles. The average Bonchev–Trinajstić information content (AvgIpc) is 0.797. The number of carbonyl (C=O) groups is 8. The molecule has 0 aromatic carbocycles. The van der Waals surface area contributed by atoms with Gasteiger partial charge in [-0.15, -0.1) is 0 Å². The van der Waals surface area contributed by atoms with Crippen molar-refractivity contribution in [3.63, 3.8) is 0 Å². The van der Waals surface area contributed by atoms with Crippen molar-refractivity contribution in [3.05, 3.63) is 0 Å². The lowest BCUT2D eigenvalue weighted by Gasteiger charge is -2.52. The van der Waals surface area contributed by atoms with Gasteiger partial charge in [0.25, 0.3) is 11.6 Å². The van der Waals surface area contributed by atoms with Gasteiger partial charge in [0.15, 0.2) is 50.3 Å². The van der Waals surface area contributed by atoms with Gasteiger partial charge >= 0.3 is 11.9 Å². The SMILES string of the molecule is CC(=O)N[C@@H]1[C@@H](O)[C@H](O[C@@H]2O[C@H](CO)[C@@H](O[C@@H]3O[C@H](CO)[C@@H](O)[C@H](O[C@@H]4O[C@H](CO)[C@@H](O[C@@H]5O[C@H](CO)[C@@H](O[C@@H]6O[C@H](CO)[C@H](O)[C@H](O[C@]7(C(=O)O)C[C@H](O)[C@@H](NC(C)=O)[C@H]([C@H](O)[C@H](O)CO)O7)[C@H]6O)[C@H](O)[C@H]5NC(C)=O)[C@H](O)[C@@H]4O[C@@H]4O[C@H](CO)[C@@H](O[C@@H]5O[C@H](CO[C@]6(C(=O)O)C[C@H](O)[C@@H](NC(C)=O)[C@H]([C@H](O)[C@H](O)CO)O6)[C@H](O)[C@H](O)[C@H]5O)[C@H](O)[C@H]4NC(C)=O)[C@@H]3O)[C@H](O)[C@H]2NC(C)=O)[C@@H](CO)O[C@H]1O. The van der Waals surface area contributed by atoms with Crippen molar-refractivity contribution in [2.75, 3.05) is 66.1 Å². The topological polar surface area (TPSA) is 991 Å². The molecule has 0 radical (unpaired) electrons. The number of hydrogen-bond donors (Lipinski definition) is 36. The number of amides is 6. The summed E-state index contributed by atoms with van der Waals surface area (Å²) in [5.74, 6) is -16.6. The summed E-state index contributed by atoms with van der Waals surface area (Å²) >= 11 is 0. The highest BCUT2D eigenvalue weighted by Crippen LogP contribution is 2.44. The van der Waals surface area contributed by atoms with Crippen LogP contribution in [0.25, 0.3) is 0 Å². The van der Waals surface area contributed by atoms with Gasteiger partial charge in [-0.2, -0.15) is 0 Å². The number of rotatable bonds is 40. The first-order valence-corrected chi connectivity index (χ1v) is 44.4. The third-order valence-corrected chi connectivity index (χ3v) is 25.2. The monoisotopic (exact) mass is 2060 g/mol. The lowest BCUT2D eigenvalue weighted by molar-refractivity contribution is -0.406. The molecular formula is C78H128N6O57. The molecule has 0 aromatic heterocycles. The Morgan fingerprint density at radius 2 is 0.574 bits per heavy atom. The zero-order chi connectivity index (χ0) is 105. The van der Waals surface area contributed by atoms with Crippen LogP contribution in [0, 0.1) is 0 Å². The van der Waals surface area contributed by atoms with E-state index < -0.39 is 444 Å². The molecule has 63 heteroatoms. The average molecular weight is 2060 g/mol. The maximum Gasteiger partial charge on any atom is 0.364 e. The summed E-state index contributed by atoms with van der Waals surface area (Å²) in [5.41, 5.74) is 0. The van der Waals surface area contributed by atoms with Crippen molar-refractivity contribution in [3.8, 4) is 0 Å². The zero-order valence-corrected chi connectivity index (χ0v) is 75.8. The van der Waals surface area contributed by atoms with Gasteiger partial charge in [-0.05, 0) is 0 Å². The molecule has 10 heterocycles. The van der Waals surface area contributed by atoms with Crippen LogP contribution < -0.4 is 31.9 Å². The van der Waals surface area contributed by atoms with Crippen LogP contribution in [0.2, 0.25) is 0 Å². The lowest BCUT2D eigenvalue weighted by Crippen LogP contribution is -2.72. The third-order valence-electron chi connectivity index (χ3n) is 25.2. The predicted molar refractivity (Wildman–Crippen MR) is 434 cm³/mol. The van der Waals surface area contributed by atoms with Crippen molar-refractivity contribution in [1.29, 1.82) is 0 Å². The normalized spacial score (nSPS) is 45.4. The molecule has 52 atom stereocenters. The molecule has 0 saturated carbocycles. The van der Waals surface area contributed by atoms with Crippen LogP contribution in [0.15, 0.2) is 0 Å². The van der Waals surface area contributed by atoms with Crippen LogP contribution in [-0.4, -0.2) is 585 Å². The van der Waals surface area contributed by atoms with E-state index in [4.69, 9.17) is 90.0 Å². The van der Waals surface area contributed by atoms with Gasteiger partial charge in [0.05, 0.1) is 90.4 Å². The quantitative estimate of drug-likeness (QED) is 0.0271. The summed E-state index contributed by atoms with van der Waals surface area (Å²) in [4.78, 5) is 103. The largest absolute Gasteiger partial charge is 0.477 e. The Balaban J connectivity index is 0.978. The van der Waals surface area contributed by atoms with Crippen molar-refractivity contribution in [2.45, 2.75) is 372 Å². The van der Waals surface area contributed by atoms with E-state index in [1.165, 1.54) is 0 Å². The first kappa shape index (κ1) is 117. The van der Waals surface area contributed by atoms with Gasteiger partial charge in [-0.25, -0.2) is 9.59 Å². The molecule has 0 unspecified atom stereocenters. The number of carbonyl (C=O) groups excluding carboxylic acids is 6. The molecule has 36 N–H and O–H groups in total. The Labute approximate surface area is 796 Å². The minimum atomic E-state index is -3.36. The number of nitrogens with one attached hydrogen (secondary N) is 6. The summed E-state index contributed by atoms with van der Waals surface area (Å²) in [7, 11) is 0. The van der Waals surface area contributed by atoms with E-state index in [-0.39, 0.29) is 0 Å². The molecule has 0 aliphatic carbocycles. The Morgan fingerprint density at radius 3 is 0.943 bits per heavy atom. The summed E-state index contributed by atoms with van der Waals surface area (Å²) in [6, 6.07) is -11.5. The van der Waals surface area contributed by atoms with Crippen LogP contribution in [0.1, 0.15) is 54.4 Å². The molecule has 0 aromatic rings. The molecule has 10 rings (SSSR count). The van der Waals surface area contributed by atoms with Gasteiger partial charge in [-0.1, -0.05) is 0 Å². The number of ether oxygens (including phenoxy) is 19. The standard InChI is InChI=1S/C78H128N6O57/c1-19(94)79-37-25(100)7-77(75(119)120,139-62(37)43(104)27(102)9-85)123-18-36-45(106)52(113)53(114)71(131-36)134-58-32(14-90)129-70(42(51(58)112)84-24(6)99)138-66-54(115)61(35(17-93)130-74(66)137-64-46(107)29(11-87)125-72(55(64)116)135-59-33(15-91)127-68(40(49(59)110)82-22(4)97)132-57-31(13-89)124-67(118)39(48(57)109)81-21(3)96)133-69-41(83-23(5)98)50(111)60(34(16-92)128-69)136-73-56(117)65(47(108)30(12-88)126-73)141-78(76(121)122)8-26(101)38(80-20(2)95)63(140-78)44(105)28(103)10-86/h25-74,85-93,100-118H,7-18H2,1-6H3,(H,79,94)(H,80,95)(H,81,96)(H,82,97)(H,83,98)(H,84,99)(H,119,120)(H,121,122)/t25-,26-,27+,28+,29+,30+,31+,32+,33+,34+,35+,36+,37+,38+,39+,40+,41+,42+,43+,44+,45-,46+,47-,48+,49+,50+,51+,52-,53+,54-,55-,56+,57+,58+,59+,60+,61+,62+,63+,64-,65-,66-,67+,68-,69-,70-,71-,72-,73-,74-,77+,78-/m0/s1. The van der Waals surface area contributed by atoms with Crippen LogP contribution in [0.3, 0.4) is 0 Å². The lowest BCUT2D eigenvalue weighted by atomic mass is 9.88. The Kier molecular flexibility index (Phi) is 41.6. The Hall–Kier alpha value is -6.12. The maximum absolute atomic E-state index is 13.5. The molecule has 0 spiro atoms. The summed E-state index contributed by atoms with van der Waals surface area (Å²) < 4.78 is 113. The van der Waals surface area contributed by atoms with E-state index in [9.17, 15) is 192 Å². The molecule has 141 heavy (non-hydrogen) atoms. The summed E-state index contributed by atoms with van der Waals surface area (Å²) in [6.07, 6.45) is -103. The van der Waals surface area contributed by atoms with Crippen molar-refractivity contribution in [2.24, 2.45) is 0 Å². The van der Waals surface area contributed by atoms with Crippen LogP contribution in [0.5, 0.6) is 0 Å². The van der Waals surface area contributed by atoms with Gasteiger partial charge in [0, 0.05) is 54.4 Å². The molecule has 10 fully saturated rings. The fraction of sp³-hybridized carbons (Fsp3) is 0.897. The summed E-state index contributed by atoms with van der Waals surface area (Å²) in [5, 5.41) is 352. The summed E-state index contributed by atoms with van der Waals surface area (Å²) in [6.45, 7) is -7.21. The smallest absolute Gasteiger partial charge is 0.364 e. The van der Waals surface area contributed by atoms with E-state index in [1.54, 1.807) is 0 Å². The van der Waals surface area contributed by atoms with Gasteiger partial charge in [0.1, 0.15) is 232 Å².